The number of imide groups is 1. The fourth-order valence-corrected chi connectivity index (χ4v) is 4.45. The van der Waals surface area contributed by atoms with Crippen molar-refractivity contribution in [1.82, 2.24) is 10.0 Å². The maximum Gasteiger partial charge on any atom is 0.273 e. The van der Waals surface area contributed by atoms with Crippen molar-refractivity contribution in [3.8, 4) is 0 Å². The van der Waals surface area contributed by atoms with E-state index >= 15 is 0 Å². The Morgan fingerprint density at radius 2 is 1.42 bits per heavy atom. The number of hydrogen-bond acceptors (Lipinski definition) is 4. The van der Waals surface area contributed by atoms with Crippen molar-refractivity contribution in [2.24, 2.45) is 11.8 Å². The molecule has 31 heavy (non-hydrogen) atoms. The number of aryl methyl sites for hydroxylation is 1. The summed E-state index contributed by atoms with van der Waals surface area (Å²) in [6.07, 6.45) is 3.00. The first-order valence-corrected chi connectivity index (χ1v) is 10.8. The Balaban J connectivity index is 1.68. The molecule has 2 aromatic carbocycles. The van der Waals surface area contributed by atoms with Crippen LogP contribution in [0.4, 0.5) is 0 Å². The average molecular weight is 439 g/mol. The number of amides is 3. The second-order valence-electron chi connectivity index (χ2n) is 8.14. The number of hydrazine groups is 1. The van der Waals surface area contributed by atoms with Crippen molar-refractivity contribution < 1.29 is 19.2 Å². The molecule has 2 fully saturated rings. The lowest BCUT2D eigenvalue weighted by Gasteiger charge is -2.30. The van der Waals surface area contributed by atoms with Gasteiger partial charge in [-0.05, 0) is 44.0 Å². The quantitative estimate of drug-likeness (QED) is 0.521. The number of fused-ring (bicyclic) bond motifs is 1. The van der Waals surface area contributed by atoms with Crippen molar-refractivity contribution in [2.45, 2.75) is 32.6 Å². The van der Waals surface area contributed by atoms with E-state index in [-0.39, 0.29) is 11.3 Å². The molecule has 0 unspecified atom stereocenters. The highest BCUT2D eigenvalue weighted by molar-refractivity contribution is 6.30. The molecule has 4 rings (SSSR count). The third kappa shape index (κ3) is 4.12. The van der Waals surface area contributed by atoms with Gasteiger partial charge in [0.05, 0.1) is 11.8 Å². The van der Waals surface area contributed by atoms with Gasteiger partial charge in [0, 0.05) is 16.1 Å². The lowest BCUT2D eigenvalue weighted by atomic mass is 9.81. The summed E-state index contributed by atoms with van der Waals surface area (Å²) < 4.78 is 0. The molecule has 2 aliphatic rings. The minimum absolute atomic E-state index is 0.247. The Labute approximate surface area is 185 Å². The molecule has 2 atom stereocenters. The standard InChI is InChI=1S/C24H23ClN2O4/c1-15-6-8-16(9-7-15)21(28)14-26(22(29)17-10-12-18(25)13-11-17)27-23(30)19-4-2-3-5-20(19)24(27)31/h6-13,19-20H,2-5,14H2,1H3/t19-,20-/m0/s1. The van der Waals surface area contributed by atoms with Crippen molar-refractivity contribution in [3.63, 3.8) is 0 Å². The number of rotatable bonds is 5. The summed E-state index contributed by atoms with van der Waals surface area (Å²) in [5.74, 6) is -2.56. The van der Waals surface area contributed by atoms with Crippen LogP contribution < -0.4 is 0 Å². The van der Waals surface area contributed by atoms with Crippen LogP contribution in [0.5, 0.6) is 0 Å². The van der Waals surface area contributed by atoms with E-state index < -0.39 is 36.1 Å². The summed E-state index contributed by atoms with van der Waals surface area (Å²) in [6, 6.07) is 13.1. The van der Waals surface area contributed by atoms with Gasteiger partial charge in [0.25, 0.3) is 17.7 Å². The number of nitrogens with zero attached hydrogens (tertiary/aromatic N) is 2. The number of ketones is 1. The van der Waals surface area contributed by atoms with Crippen LogP contribution in [0, 0.1) is 18.8 Å². The van der Waals surface area contributed by atoms with E-state index in [1.165, 1.54) is 12.1 Å². The number of benzene rings is 2. The van der Waals surface area contributed by atoms with E-state index in [9.17, 15) is 19.2 Å². The molecule has 1 saturated carbocycles. The molecule has 1 aliphatic carbocycles. The van der Waals surface area contributed by atoms with Gasteiger partial charge in [-0.2, -0.15) is 5.01 Å². The van der Waals surface area contributed by atoms with Crippen LogP contribution in [-0.2, 0) is 9.59 Å². The van der Waals surface area contributed by atoms with Gasteiger partial charge in [-0.15, -0.1) is 0 Å². The predicted molar refractivity (Wildman–Crippen MR) is 115 cm³/mol. The molecular weight excluding hydrogens is 416 g/mol. The van der Waals surface area contributed by atoms with Crippen molar-refractivity contribution in [2.75, 3.05) is 6.54 Å². The number of carbonyl (C=O) groups is 4. The zero-order valence-corrected chi connectivity index (χ0v) is 18.0. The SMILES string of the molecule is Cc1ccc(C(=O)CN(C(=O)c2ccc(Cl)cc2)N2C(=O)[C@H]3CCCC[C@@H]3C2=O)cc1. The van der Waals surface area contributed by atoms with Gasteiger partial charge in [0.2, 0.25) is 0 Å². The fourth-order valence-electron chi connectivity index (χ4n) is 4.32. The van der Waals surface area contributed by atoms with E-state index in [0.717, 1.165) is 28.4 Å². The molecule has 1 aliphatic heterocycles. The minimum Gasteiger partial charge on any atom is -0.292 e. The van der Waals surface area contributed by atoms with Gasteiger partial charge >= 0.3 is 0 Å². The van der Waals surface area contributed by atoms with Gasteiger partial charge in [0.1, 0.15) is 6.54 Å². The molecule has 1 saturated heterocycles. The molecular formula is C24H23ClN2O4. The molecule has 2 aromatic rings. The summed E-state index contributed by atoms with van der Waals surface area (Å²) in [4.78, 5) is 52.6. The van der Waals surface area contributed by atoms with Crippen molar-refractivity contribution in [3.05, 3.63) is 70.2 Å². The normalized spacial score (nSPS) is 20.5. The van der Waals surface area contributed by atoms with Crippen LogP contribution in [0.1, 0.15) is 52.0 Å². The van der Waals surface area contributed by atoms with Crippen LogP contribution in [0.15, 0.2) is 48.5 Å². The highest BCUT2D eigenvalue weighted by Crippen LogP contribution is 2.39. The summed E-state index contributed by atoms with van der Waals surface area (Å²) in [7, 11) is 0. The topological polar surface area (TPSA) is 74.8 Å². The molecule has 3 amide bonds. The molecule has 6 nitrogen and oxygen atoms in total. The van der Waals surface area contributed by atoms with E-state index in [1.54, 1.807) is 36.4 Å². The van der Waals surface area contributed by atoms with Gasteiger partial charge in [0.15, 0.2) is 5.78 Å². The van der Waals surface area contributed by atoms with Crippen LogP contribution >= 0.6 is 11.6 Å². The summed E-state index contributed by atoms with van der Waals surface area (Å²) in [6.45, 7) is 1.51. The minimum atomic E-state index is -0.586. The maximum absolute atomic E-state index is 13.3. The summed E-state index contributed by atoms with van der Waals surface area (Å²) in [5, 5.41) is 2.39. The molecule has 0 radical (unpaired) electrons. The first-order valence-electron chi connectivity index (χ1n) is 10.4. The first kappa shape index (κ1) is 21.2. The average Bonchev–Trinajstić information content (AvgIpc) is 3.03. The number of carbonyl (C=O) groups excluding carboxylic acids is 4. The summed E-state index contributed by atoms with van der Waals surface area (Å²) in [5.41, 5.74) is 1.66. The van der Waals surface area contributed by atoms with Crippen LogP contribution in [-0.4, -0.2) is 40.1 Å². The lowest BCUT2D eigenvalue weighted by molar-refractivity contribution is -0.154. The predicted octanol–water partition coefficient (Wildman–Crippen LogP) is 4.06. The summed E-state index contributed by atoms with van der Waals surface area (Å²) >= 11 is 5.93. The van der Waals surface area contributed by atoms with E-state index in [1.807, 2.05) is 6.92 Å². The molecule has 0 N–H and O–H groups in total. The number of halogens is 1. The third-order valence-electron chi connectivity index (χ3n) is 6.05. The lowest BCUT2D eigenvalue weighted by Crippen LogP contribution is -2.52. The van der Waals surface area contributed by atoms with E-state index in [0.29, 0.717) is 23.4 Å². The Morgan fingerprint density at radius 3 is 1.97 bits per heavy atom. The van der Waals surface area contributed by atoms with Crippen molar-refractivity contribution in [1.29, 1.82) is 0 Å². The van der Waals surface area contributed by atoms with Gasteiger partial charge in [-0.25, -0.2) is 5.01 Å². The largest absolute Gasteiger partial charge is 0.292 e. The van der Waals surface area contributed by atoms with E-state index in [2.05, 4.69) is 0 Å². The molecule has 160 valence electrons. The van der Waals surface area contributed by atoms with E-state index in [4.69, 9.17) is 11.6 Å². The third-order valence-corrected chi connectivity index (χ3v) is 6.30. The molecule has 0 aromatic heterocycles. The van der Waals surface area contributed by atoms with Crippen LogP contribution in [0.3, 0.4) is 0 Å². The van der Waals surface area contributed by atoms with Gasteiger partial charge in [-0.3, -0.25) is 19.2 Å². The van der Waals surface area contributed by atoms with Gasteiger partial charge in [-0.1, -0.05) is 54.3 Å². The Bertz CT molecular complexity index is 1010. The molecule has 0 spiro atoms. The van der Waals surface area contributed by atoms with Gasteiger partial charge < -0.3 is 0 Å². The Hall–Kier alpha value is -2.99. The number of hydrogen-bond donors (Lipinski definition) is 0. The first-order chi connectivity index (χ1) is 14.9. The maximum atomic E-state index is 13.3. The Morgan fingerprint density at radius 1 is 0.903 bits per heavy atom. The van der Waals surface area contributed by atoms with Crippen molar-refractivity contribution >= 4 is 35.1 Å². The zero-order valence-electron chi connectivity index (χ0n) is 17.2. The highest BCUT2D eigenvalue weighted by atomic mass is 35.5. The smallest absolute Gasteiger partial charge is 0.273 e. The highest BCUT2D eigenvalue weighted by Gasteiger charge is 2.51. The molecule has 1 heterocycles. The Kier molecular flexibility index (Phi) is 5.92. The molecule has 0 bridgehead atoms. The second-order valence-corrected chi connectivity index (χ2v) is 8.58. The number of Topliss-reactive ketones (excluding diaryl/α,β-unsaturated/α-hetero) is 1. The van der Waals surface area contributed by atoms with Crippen LogP contribution in [0.25, 0.3) is 0 Å². The second kappa shape index (κ2) is 8.63. The van der Waals surface area contributed by atoms with Crippen LogP contribution in [0.2, 0.25) is 5.02 Å². The monoisotopic (exact) mass is 438 g/mol. The zero-order chi connectivity index (χ0) is 22.1. The molecule has 7 heteroatoms. The fraction of sp³-hybridized carbons (Fsp3) is 0.333.